The summed E-state index contributed by atoms with van der Waals surface area (Å²) in [6.07, 6.45) is 0.0203. The van der Waals surface area contributed by atoms with Gasteiger partial charge in [-0.1, -0.05) is 78.9 Å². The molecule has 0 aliphatic rings. The summed E-state index contributed by atoms with van der Waals surface area (Å²) < 4.78 is 6.07. The van der Waals surface area contributed by atoms with Gasteiger partial charge >= 0.3 is 0 Å². The van der Waals surface area contributed by atoms with Gasteiger partial charge in [0.05, 0.1) is 18.8 Å². The second-order valence-corrected chi connectivity index (χ2v) is 9.98. The van der Waals surface area contributed by atoms with Crippen LogP contribution in [-0.2, 0) is 11.2 Å². The molecule has 0 unspecified atom stereocenters. The molecule has 186 valence electrons. The van der Waals surface area contributed by atoms with E-state index in [0.29, 0.717) is 12.2 Å². The molecule has 0 radical (unpaired) electrons. The van der Waals surface area contributed by atoms with Gasteiger partial charge in [0.25, 0.3) is 0 Å². The molecule has 0 aliphatic carbocycles. The molecule has 36 heavy (non-hydrogen) atoms. The molecule has 5 heteroatoms. The van der Waals surface area contributed by atoms with Gasteiger partial charge < -0.3 is 15.2 Å². The summed E-state index contributed by atoms with van der Waals surface area (Å²) in [4.78, 5) is 10.7. The van der Waals surface area contributed by atoms with Crippen LogP contribution < -0.4 is 5.32 Å². The maximum atomic E-state index is 10.7. The highest BCUT2D eigenvalue weighted by molar-refractivity contribution is 5.83. The number of hydrogen-bond donors (Lipinski definition) is 2. The van der Waals surface area contributed by atoms with E-state index >= 15 is 0 Å². The summed E-state index contributed by atoms with van der Waals surface area (Å²) in [5.74, 6) is 0. The van der Waals surface area contributed by atoms with E-state index in [2.05, 4.69) is 66.8 Å². The standard InChI is InChI=1S/C31H34N2O3/c1-22(29-10-6-7-11-30(29)25-14-16-27(33-35)17-15-25)36-21-28(34)20-32-31(2,3)19-23-12-13-24-8-4-5-9-26(24)18-23/h4-18,22,28,32,34H,19-21H2,1-3H3/t22-,28-/m1/s1. The molecule has 0 saturated heterocycles. The van der Waals surface area contributed by atoms with Crippen LogP contribution in [-0.4, -0.2) is 29.9 Å². The van der Waals surface area contributed by atoms with E-state index in [1.54, 1.807) is 12.1 Å². The normalized spacial score (nSPS) is 13.4. The van der Waals surface area contributed by atoms with Crippen molar-refractivity contribution in [3.8, 4) is 11.1 Å². The van der Waals surface area contributed by atoms with Gasteiger partial charge in [-0.25, -0.2) is 0 Å². The average Bonchev–Trinajstić information content (AvgIpc) is 2.90. The summed E-state index contributed by atoms with van der Waals surface area (Å²) in [6, 6.07) is 30.2. The zero-order valence-corrected chi connectivity index (χ0v) is 21.1. The number of hydrogen-bond acceptors (Lipinski definition) is 5. The van der Waals surface area contributed by atoms with E-state index in [-0.39, 0.29) is 18.2 Å². The number of rotatable bonds is 11. The van der Waals surface area contributed by atoms with Crippen molar-refractivity contribution in [2.24, 2.45) is 5.18 Å². The third-order valence-electron chi connectivity index (χ3n) is 6.50. The van der Waals surface area contributed by atoms with Crippen molar-refractivity contribution in [2.45, 2.75) is 44.9 Å². The Morgan fingerprint density at radius 1 is 0.917 bits per heavy atom. The van der Waals surface area contributed by atoms with Crippen molar-refractivity contribution in [3.05, 3.63) is 107 Å². The van der Waals surface area contributed by atoms with Crippen molar-refractivity contribution in [1.29, 1.82) is 0 Å². The van der Waals surface area contributed by atoms with Gasteiger partial charge in [0.15, 0.2) is 0 Å². The van der Waals surface area contributed by atoms with Gasteiger partial charge in [0.1, 0.15) is 5.69 Å². The van der Waals surface area contributed by atoms with Crippen LogP contribution in [0.2, 0.25) is 0 Å². The molecule has 0 heterocycles. The van der Waals surface area contributed by atoms with Crippen molar-refractivity contribution in [1.82, 2.24) is 5.32 Å². The third-order valence-corrected chi connectivity index (χ3v) is 6.50. The molecule has 5 nitrogen and oxygen atoms in total. The summed E-state index contributed by atoms with van der Waals surface area (Å²) in [7, 11) is 0. The fraction of sp³-hybridized carbons (Fsp3) is 0.290. The van der Waals surface area contributed by atoms with E-state index in [0.717, 1.165) is 23.1 Å². The van der Waals surface area contributed by atoms with Crippen molar-refractivity contribution < 1.29 is 9.84 Å². The molecule has 0 amide bonds. The molecule has 4 aromatic carbocycles. The predicted molar refractivity (Wildman–Crippen MR) is 147 cm³/mol. The molecular weight excluding hydrogens is 448 g/mol. The summed E-state index contributed by atoms with van der Waals surface area (Å²) in [5.41, 5.74) is 4.54. The Balaban J connectivity index is 1.31. The van der Waals surface area contributed by atoms with Crippen molar-refractivity contribution >= 4 is 16.5 Å². The lowest BCUT2D eigenvalue weighted by atomic mass is 9.93. The zero-order valence-electron chi connectivity index (χ0n) is 21.1. The first-order valence-electron chi connectivity index (χ1n) is 12.4. The number of fused-ring (bicyclic) bond motifs is 1. The second-order valence-electron chi connectivity index (χ2n) is 9.98. The Labute approximate surface area is 213 Å². The molecule has 0 aromatic heterocycles. The summed E-state index contributed by atoms with van der Waals surface area (Å²) in [5, 5.41) is 19.6. The largest absolute Gasteiger partial charge is 0.389 e. The monoisotopic (exact) mass is 482 g/mol. The Bertz CT molecular complexity index is 1300. The highest BCUT2D eigenvalue weighted by Crippen LogP contribution is 2.31. The number of nitroso groups, excluding NO2 is 1. The maximum Gasteiger partial charge on any atom is 0.108 e. The van der Waals surface area contributed by atoms with E-state index in [1.165, 1.54) is 16.3 Å². The lowest BCUT2D eigenvalue weighted by molar-refractivity contribution is -0.00397. The van der Waals surface area contributed by atoms with Crippen LogP contribution in [0.5, 0.6) is 0 Å². The molecule has 2 N–H and O–H groups in total. The highest BCUT2D eigenvalue weighted by Gasteiger charge is 2.20. The fourth-order valence-electron chi connectivity index (χ4n) is 4.54. The topological polar surface area (TPSA) is 70.9 Å². The molecule has 0 saturated carbocycles. The maximum absolute atomic E-state index is 10.7. The van der Waals surface area contributed by atoms with Gasteiger partial charge in [0.2, 0.25) is 0 Å². The first-order valence-corrected chi connectivity index (χ1v) is 12.4. The van der Waals surface area contributed by atoms with E-state index in [1.807, 2.05) is 43.3 Å². The number of ether oxygens (including phenoxy) is 1. The van der Waals surface area contributed by atoms with Gasteiger partial charge in [-0.2, -0.15) is 0 Å². The minimum atomic E-state index is -0.631. The SMILES string of the molecule is C[C@@H](OC[C@H](O)CNC(C)(C)Cc1ccc2ccccc2c1)c1ccccc1-c1ccc(N=O)cc1. The van der Waals surface area contributed by atoms with Crippen molar-refractivity contribution in [2.75, 3.05) is 13.2 Å². The van der Waals surface area contributed by atoms with Gasteiger partial charge in [-0.05, 0) is 77.5 Å². The van der Waals surface area contributed by atoms with E-state index < -0.39 is 6.10 Å². The average molecular weight is 483 g/mol. The van der Waals surface area contributed by atoms with E-state index in [9.17, 15) is 10.0 Å². The predicted octanol–water partition coefficient (Wildman–Crippen LogP) is 6.95. The molecular formula is C31H34N2O3. The number of aliphatic hydroxyl groups excluding tert-OH is 1. The Morgan fingerprint density at radius 2 is 1.61 bits per heavy atom. The molecule has 2 atom stereocenters. The second kappa shape index (κ2) is 11.6. The van der Waals surface area contributed by atoms with Crippen LogP contribution in [0.1, 0.15) is 38.0 Å². The quantitative estimate of drug-likeness (QED) is 0.227. The first-order chi connectivity index (χ1) is 17.3. The van der Waals surface area contributed by atoms with Crippen molar-refractivity contribution in [3.63, 3.8) is 0 Å². The lowest BCUT2D eigenvalue weighted by Gasteiger charge is -2.28. The fourth-order valence-corrected chi connectivity index (χ4v) is 4.54. The number of aliphatic hydroxyl groups is 1. The smallest absolute Gasteiger partial charge is 0.108 e. The van der Waals surface area contributed by atoms with E-state index in [4.69, 9.17) is 4.74 Å². The number of nitrogens with zero attached hydrogens (tertiary/aromatic N) is 1. The molecule has 4 aromatic rings. The van der Waals surface area contributed by atoms with Crippen LogP contribution >= 0.6 is 0 Å². The molecule has 0 fully saturated rings. The van der Waals surface area contributed by atoms with Gasteiger partial charge in [0, 0.05) is 12.1 Å². The van der Waals surface area contributed by atoms with Crippen LogP contribution in [0, 0.1) is 4.91 Å². The third kappa shape index (κ3) is 6.64. The van der Waals surface area contributed by atoms with Gasteiger partial charge in [-0.15, -0.1) is 4.91 Å². The van der Waals surface area contributed by atoms with Crippen LogP contribution in [0.25, 0.3) is 21.9 Å². The number of benzene rings is 4. The first kappa shape index (κ1) is 25.7. The molecule has 0 bridgehead atoms. The van der Waals surface area contributed by atoms with Crippen LogP contribution in [0.4, 0.5) is 5.69 Å². The summed E-state index contributed by atoms with van der Waals surface area (Å²) in [6.45, 7) is 6.96. The minimum absolute atomic E-state index is 0.176. The molecule has 4 rings (SSSR count). The molecule has 0 spiro atoms. The lowest BCUT2D eigenvalue weighted by Crippen LogP contribution is -2.46. The zero-order chi connectivity index (χ0) is 25.5. The van der Waals surface area contributed by atoms with Crippen LogP contribution in [0.15, 0.2) is 96.2 Å². The number of nitrogens with one attached hydrogen (secondary N) is 1. The molecule has 0 aliphatic heterocycles. The Morgan fingerprint density at radius 3 is 2.36 bits per heavy atom. The minimum Gasteiger partial charge on any atom is -0.389 e. The Kier molecular flexibility index (Phi) is 8.26. The van der Waals surface area contributed by atoms with Crippen LogP contribution in [0.3, 0.4) is 0 Å². The summed E-state index contributed by atoms with van der Waals surface area (Å²) >= 11 is 0. The van der Waals surface area contributed by atoms with Gasteiger partial charge in [-0.3, -0.25) is 0 Å². The highest BCUT2D eigenvalue weighted by atomic mass is 16.5. The number of β-amino-alcohol motifs (C(OH)–C–C–N with tert-alkyl or cyclic N) is 1. The Hall–Kier alpha value is -3.38.